The van der Waals surface area contributed by atoms with Gasteiger partial charge in [0.1, 0.15) is 11.2 Å². The van der Waals surface area contributed by atoms with Crippen LogP contribution in [0.5, 0.6) is 0 Å². The fourth-order valence-corrected chi connectivity index (χ4v) is 3.01. The van der Waals surface area contributed by atoms with Gasteiger partial charge in [0.05, 0.1) is 6.61 Å². The third-order valence-corrected chi connectivity index (χ3v) is 4.73. The fraction of sp³-hybridized carbons (Fsp3) is 0.550. The third kappa shape index (κ3) is 4.47. The van der Waals surface area contributed by atoms with Gasteiger partial charge in [-0.15, -0.1) is 0 Å². The fourth-order valence-electron chi connectivity index (χ4n) is 3.01. The molecule has 2 rings (SSSR count). The van der Waals surface area contributed by atoms with Crippen LogP contribution < -0.4 is 5.43 Å². The lowest BCUT2D eigenvalue weighted by atomic mass is 9.88. The van der Waals surface area contributed by atoms with Gasteiger partial charge in [-0.1, -0.05) is 75.6 Å². The van der Waals surface area contributed by atoms with Crippen molar-refractivity contribution in [2.75, 3.05) is 6.61 Å². The lowest BCUT2D eigenvalue weighted by molar-refractivity contribution is 0.0972. The molecule has 0 aromatic heterocycles. The molecule has 136 valence electrons. The van der Waals surface area contributed by atoms with Gasteiger partial charge in [0.2, 0.25) is 5.78 Å². The van der Waals surface area contributed by atoms with Gasteiger partial charge in [0.15, 0.2) is 5.76 Å². The van der Waals surface area contributed by atoms with Crippen LogP contribution in [0.15, 0.2) is 52.1 Å². The van der Waals surface area contributed by atoms with E-state index >= 15 is 0 Å². The van der Waals surface area contributed by atoms with Gasteiger partial charge >= 0.3 is 0 Å². The maximum atomic E-state index is 13.0. The highest BCUT2D eigenvalue weighted by molar-refractivity contribution is 6.08. The SMILES string of the molecule is CCCCCCOC1=C(C(=O)c2ccccc2)NN=NC1(CC)CC. The number of nitrogens with zero attached hydrogens (tertiary/aromatic N) is 2. The van der Waals surface area contributed by atoms with Crippen molar-refractivity contribution >= 4 is 5.78 Å². The first kappa shape index (κ1) is 19.2. The molecule has 0 bridgehead atoms. The lowest BCUT2D eigenvalue weighted by Crippen LogP contribution is -2.37. The van der Waals surface area contributed by atoms with Crippen molar-refractivity contribution in [2.45, 2.75) is 64.8 Å². The highest BCUT2D eigenvalue weighted by Crippen LogP contribution is 2.35. The number of unbranched alkanes of at least 4 members (excludes halogenated alkanes) is 3. The van der Waals surface area contributed by atoms with Crippen molar-refractivity contribution in [1.29, 1.82) is 0 Å². The summed E-state index contributed by atoms with van der Waals surface area (Å²) in [5.74, 6) is 0.534. The van der Waals surface area contributed by atoms with E-state index < -0.39 is 5.54 Å². The Balaban J connectivity index is 2.29. The van der Waals surface area contributed by atoms with E-state index in [4.69, 9.17) is 4.74 Å². The molecule has 1 aromatic carbocycles. The van der Waals surface area contributed by atoms with Gasteiger partial charge in [-0.2, -0.15) is 5.11 Å². The van der Waals surface area contributed by atoms with E-state index in [1.54, 1.807) is 12.1 Å². The molecule has 5 heteroatoms. The third-order valence-electron chi connectivity index (χ3n) is 4.73. The van der Waals surface area contributed by atoms with E-state index in [1.807, 2.05) is 18.2 Å². The highest BCUT2D eigenvalue weighted by Gasteiger charge is 2.40. The smallest absolute Gasteiger partial charge is 0.214 e. The first-order valence-electron chi connectivity index (χ1n) is 9.33. The van der Waals surface area contributed by atoms with Gasteiger partial charge < -0.3 is 4.74 Å². The molecule has 1 N–H and O–H groups in total. The predicted molar refractivity (Wildman–Crippen MR) is 99.2 cm³/mol. The number of ether oxygens (including phenoxy) is 1. The monoisotopic (exact) mass is 343 g/mol. The number of ketones is 1. The summed E-state index contributed by atoms with van der Waals surface area (Å²) >= 11 is 0. The zero-order chi connectivity index (χ0) is 18.1. The first-order chi connectivity index (χ1) is 12.2. The predicted octanol–water partition coefficient (Wildman–Crippen LogP) is 5.21. The second-order valence-electron chi connectivity index (χ2n) is 6.36. The van der Waals surface area contributed by atoms with Crippen molar-refractivity contribution in [3.8, 4) is 0 Å². The molecule has 25 heavy (non-hydrogen) atoms. The van der Waals surface area contributed by atoms with E-state index in [9.17, 15) is 4.79 Å². The number of hydrogen-bond acceptors (Lipinski definition) is 5. The average Bonchev–Trinajstić information content (AvgIpc) is 2.68. The Morgan fingerprint density at radius 3 is 2.44 bits per heavy atom. The standard InChI is InChI=1S/C20H29N3O2/c1-4-7-8-12-15-25-19-17(18(24)16-13-10-9-11-14-16)21-23-22-20(19,5-2)6-3/h9-11,13-14H,4-8,12,15H2,1-3H3,(H,21,22). The summed E-state index contributed by atoms with van der Waals surface area (Å²) in [4.78, 5) is 13.0. The molecule has 0 atom stereocenters. The summed E-state index contributed by atoms with van der Waals surface area (Å²) in [6.45, 7) is 6.89. The molecular weight excluding hydrogens is 314 g/mol. The summed E-state index contributed by atoms with van der Waals surface area (Å²) in [6.07, 6.45) is 5.97. The van der Waals surface area contributed by atoms with Gasteiger partial charge in [-0.05, 0) is 19.3 Å². The second kappa shape index (κ2) is 9.35. The molecule has 0 radical (unpaired) electrons. The molecule has 1 aliphatic rings. The van der Waals surface area contributed by atoms with Gasteiger partial charge in [0, 0.05) is 5.56 Å². The van der Waals surface area contributed by atoms with Gasteiger partial charge in [-0.25, -0.2) is 0 Å². The van der Waals surface area contributed by atoms with Crippen LogP contribution in [-0.4, -0.2) is 17.9 Å². The zero-order valence-corrected chi connectivity index (χ0v) is 15.5. The zero-order valence-electron chi connectivity index (χ0n) is 15.5. The molecule has 0 amide bonds. The van der Waals surface area contributed by atoms with Gasteiger partial charge in [-0.3, -0.25) is 10.2 Å². The van der Waals surface area contributed by atoms with Crippen LogP contribution in [0, 0.1) is 0 Å². The molecule has 0 saturated heterocycles. The Morgan fingerprint density at radius 1 is 1.08 bits per heavy atom. The number of nitrogens with one attached hydrogen (secondary N) is 1. The Labute approximate surface area is 150 Å². The van der Waals surface area contributed by atoms with Crippen molar-refractivity contribution in [3.63, 3.8) is 0 Å². The second-order valence-corrected chi connectivity index (χ2v) is 6.36. The maximum Gasteiger partial charge on any atom is 0.214 e. The molecule has 0 fully saturated rings. The number of allylic oxidation sites excluding steroid dienone is 1. The topological polar surface area (TPSA) is 63.0 Å². The van der Waals surface area contributed by atoms with Gasteiger partial charge in [0.25, 0.3) is 0 Å². The molecule has 1 aromatic rings. The summed E-state index contributed by atoms with van der Waals surface area (Å²) < 4.78 is 6.13. The van der Waals surface area contributed by atoms with Crippen LogP contribution in [0.1, 0.15) is 69.7 Å². The summed E-state index contributed by atoms with van der Waals surface area (Å²) in [6, 6.07) is 9.22. The number of benzene rings is 1. The summed E-state index contributed by atoms with van der Waals surface area (Å²) in [7, 11) is 0. The lowest BCUT2D eigenvalue weighted by Gasteiger charge is -2.33. The minimum Gasteiger partial charge on any atom is -0.493 e. The number of carbonyl (C=O) groups is 1. The van der Waals surface area contributed by atoms with E-state index in [2.05, 4.69) is 36.5 Å². The van der Waals surface area contributed by atoms with Crippen LogP contribution in [-0.2, 0) is 4.74 Å². The molecule has 5 nitrogen and oxygen atoms in total. The van der Waals surface area contributed by atoms with Crippen LogP contribution >= 0.6 is 0 Å². The maximum absolute atomic E-state index is 13.0. The Kier molecular flexibility index (Phi) is 7.16. The minimum atomic E-state index is -0.560. The largest absolute Gasteiger partial charge is 0.493 e. The normalized spacial score (nSPS) is 15.8. The Bertz CT molecular complexity index is 619. The van der Waals surface area contributed by atoms with E-state index in [0.717, 1.165) is 25.7 Å². The quantitative estimate of drug-likeness (QED) is 0.469. The molecule has 0 aliphatic carbocycles. The molecule has 0 saturated carbocycles. The Morgan fingerprint density at radius 2 is 1.80 bits per heavy atom. The van der Waals surface area contributed by atoms with E-state index in [0.29, 0.717) is 23.6 Å². The summed E-state index contributed by atoms with van der Waals surface area (Å²) in [5.41, 5.74) is 3.28. The van der Waals surface area contributed by atoms with Crippen LogP contribution in [0.4, 0.5) is 0 Å². The van der Waals surface area contributed by atoms with Crippen molar-refractivity contribution in [1.82, 2.24) is 5.43 Å². The van der Waals surface area contributed by atoms with Crippen molar-refractivity contribution in [2.24, 2.45) is 10.3 Å². The minimum absolute atomic E-state index is 0.103. The van der Waals surface area contributed by atoms with Crippen LogP contribution in [0.3, 0.4) is 0 Å². The highest BCUT2D eigenvalue weighted by atomic mass is 16.5. The van der Waals surface area contributed by atoms with Crippen LogP contribution in [0.25, 0.3) is 0 Å². The number of carbonyl (C=O) groups excluding carboxylic acids is 1. The molecule has 1 heterocycles. The number of rotatable bonds is 10. The molecular formula is C20H29N3O2. The Hall–Kier alpha value is -2.17. The molecule has 1 aliphatic heterocycles. The van der Waals surface area contributed by atoms with E-state index in [1.165, 1.54) is 12.8 Å². The van der Waals surface area contributed by atoms with E-state index in [-0.39, 0.29) is 5.78 Å². The van der Waals surface area contributed by atoms with Crippen molar-refractivity contribution < 1.29 is 9.53 Å². The number of hydrogen-bond donors (Lipinski definition) is 1. The average molecular weight is 343 g/mol. The summed E-state index contributed by atoms with van der Waals surface area (Å²) in [5, 5.41) is 8.42. The van der Waals surface area contributed by atoms with Crippen molar-refractivity contribution in [3.05, 3.63) is 47.4 Å². The molecule has 0 spiro atoms. The van der Waals surface area contributed by atoms with Crippen LogP contribution in [0.2, 0.25) is 0 Å². The molecule has 0 unspecified atom stereocenters. The number of Topliss-reactive ketones (excluding diaryl/α,β-unsaturated/α-hetero) is 1. The first-order valence-corrected chi connectivity index (χ1v) is 9.33.